The second kappa shape index (κ2) is 10.3. The van der Waals surface area contributed by atoms with Crippen LogP contribution in [0.25, 0.3) is 11.4 Å². The van der Waals surface area contributed by atoms with Crippen LogP contribution in [-0.2, 0) is 11.3 Å². The third-order valence-corrected chi connectivity index (χ3v) is 6.26. The second-order valence-corrected chi connectivity index (χ2v) is 10.5. The number of benzene rings is 1. The van der Waals surface area contributed by atoms with Crippen LogP contribution in [0.4, 0.5) is 0 Å². The number of hydrogen-bond donors (Lipinski definition) is 1. The number of nitrogens with one attached hydrogen (secondary N) is 1. The van der Waals surface area contributed by atoms with E-state index in [1.807, 2.05) is 36.0 Å². The van der Waals surface area contributed by atoms with Gasteiger partial charge in [-0.3, -0.25) is 9.69 Å². The highest BCUT2D eigenvalue weighted by molar-refractivity contribution is 8.00. The van der Waals surface area contributed by atoms with Crippen LogP contribution in [0, 0.1) is 5.92 Å². The molecule has 0 aliphatic carbocycles. The second-order valence-electron chi connectivity index (χ2n) is 8.57. The molecule has 1 amide bonds. The van der Waals surface area contributed by atoms with Gasteiger partial charge in [0.1, 0.15) is 5.75 Å². The summed E-state index contributed by atoms with van der Waals surface area (Å²) < 4.78 is 10.9. The first-order valence-electron chi connectivity index (χ1n) is 10.4. The molecule has 0 bridgehead atoms. The van der Waals surface area contributed by atoms with E-state index >= 15 is 0 Å². The molecule has 1 unspecified atom stereocenters. The highest BCUT2D eigenvalue weighted by Gasteiger charge is 2.27. The van der Waals surface area contributed by atoms with E-state index in [1.165, 1.54) is 0 Å². The van der Waals surface area contributed by atoms with Crippen LogP contribution in [-0.4, -0.2) is 58.2 Å². The lowest BCUT2D eigenvalue weighted by atomic mass is 9.97. The predicted molar refractivity (Wildman–Crippen MR) is 120 cm³/mol. The maximum absolute atomic E-state index is 12.6. The van der Waals surface area contributed by atoms with E-state index in [0.717, 1.165) is 43.0 Å². The van der Waals surface area contributed by atoms with Crippen molar-refractivity contribution in [1.82, 2.24) is 20.4 Å². The zero-order chi connectivity index (χ0) is 21.6. The number of carbonyl (C=O) groups is 1. The van der Waals surface area contributed by atoms with Crippen molar-refractivity contribution in [2.75, 3.05) is 32.5 Å². The van der Waals surface area contributed by atoms with Crippen molar-refractivity contribution in [2.45, 2.75) is 44.9 Å². The first-order valence-corrected chi connectivity index (χ1v) is 11.4. The molecule has 0 saturated carbocycles. The maximum Gasteiger partial charge on any atom is 0.241 e. The fourth-order valence-corrected chi connectivity index (χ4v) is 4.27. The Labute approximate surface area is 182 Å². The van der Waals surface area contributed by atoms with E-state index in [0.29, 0.717) is 24.8 Å². The molecule has 1 aliphatic heterocycles. The van der Waals surface area contributed by atoms with E-state index in [4.69, 9.17) is 9.26 Å². The number of piperidine rings is 1. The van der Waals surface area contributed by atoms with E-state index in [9.17, 15) is 4.79 Å². The van der Waals surface area contributed by atoms with Gasteiger partial charge < -0.3 is 14.6 Å². The van der Waals surface area contributed by atoms with Crippen LogP contribution in [0.15, 0.2) is 28.8 Å². The summed E-state index contributed by atoms with van der Waals surface area (Å²) in [5.74, 6) is 3.03. The summed E-state index contributed by atoms with van der Waals surface area (Å²) >= 11 is 1.87. The largest absolute Gasteiger partial charge is 0.497 e. The molecule has 2 aromatic rings. The molecule has 1 aromatic heterocycles. The monoisotopic (exact) mass is 432 g/mol. The van der Waals surface area contributed by atoms with E-state index in [-0.39, 0.29) is 16.6 Å². The lowest BCUT2D eigenvalue weighted by Crippen LogP contribution is -2.43. The molecule has 3 rings (SSSR count). The molecule has 30 heavy (non-hydrogen) atoms. The SMILES string of the molecule is COc1ccc(-c2noc(CN3CCCC(C(=O)NCCSC(C)(C)C)C3)n2)cc1. The van der Waals surface area contributed by atoms with Crippen LogP contribution in [0.3, 0.4) is 0 Å². The number of amides is 1. The predicted octanol–water partition coefficient (Wildman–Crippen LogP) is 3.61. The van der Waals surface area contributed by atoms with Crippen molar-refractivity contribution in [3.63, 3.8) is 0 Å². The van der Waals surface area contributed by atoms with Crippen molar-refractivity contribution >= 4 is 17.7 Å². The zero-order valence-electron chi connectivity index (χ0n) is 18.3. The van der Waals surface area contributed by atoms with Crippen LogP contribution >= 0.6 is 11.8 Å². The molecule has 1 fully saturated rings. The molecule has 1 atom stereocenters. The van der Waals surface area contributed by atoms with Crippen LogP contribution in [0.2, 0.25) is 0 Å². The number of carbonyl (C=O) groups excluding carboxylic acids is 1. The molecule has 1 N–H and O–H groups in total. The molecule has 2 heterocycles. The number of rotatable bonds is 8. The maximum atomic E-state index is 12.6. The summed E-state index contributed by atoms with van der Waals surface area (Å²) in [6.45, 7) is 9.50. The lowest BCUT2D eigenvalue weighted by molar-refractivity contribution is -0.126. The lowest BCUT2D eigenvalue weighted by Gasteiger charge is -2.31. The number of nitrogens with zero attached hydrogens (tertiary/aromatic N) is 3. The first kappa shape index (κ1) is 22.6. The highest BCUT2D eigenvalue weighted by Crippen LogP contribution is 2.23. The molecule has 1 saturated heterocycles. The standard InChI is InChI=1S/C22H32N4O3S/c1-22(2,3)30-13-11-23-21(27)17-6-5-12-26(14-17)15-19-24-20(25-29-19)16-7-9-18(28-4)10-8-16/h7-10,17H,5-6,11-15H2,1-4H3,(H,23,27). The molecule has 1 aromatic carbocycles. The average Bonchev–Trinajstić information content (AvgIpc) is 3.19. The minimum absolute atomic E-state index is 0.0161. The zero-order valence-corrected chi connectivity index (χ0v) is 19.1. The quantitative estimate of drug-likeness (QED) is 0.638. The van der Waals surface area contributed by atoms with Crippen LogP contribution in [0.1, 0.15) is 39.5 Å². The number of hydrogen-bond acceptors (Lipinski definition) is 7. The van der Waals surface area contributed by atoms with Gasteiger partial charge >= 0.3 is 0 Å². The van der Waals surface area contributed by atoms with Gasteiger partial charge in [-0.15, -0.1) is 0 Å². The highest BCUT2D eigenvalue weighted by atomic mass is 32.2. The van der Waals surface area contributed by atoms with Crippen LogP contribution < -0.4 is 10.1 Å². The third-order valence-electron chi connectivity index (χ3n) is 4.99. The van der Waals surface area contributed by atoms with Gasteiger partial charge in [-0.2, -0.15) is 16.7 Å². The summed E-state index contributed by atoms with van der Waals surface area (Å²) in [6.07, 6.45) is 1.92. The Morgan fingerprint density at radius 2 is 2.10 bits per heavy atom. The van der Waals surface area contributed by atoms with Gasteiger partial charge in [-0.25, -0.2) is 0 Å². The summed E-state index contributed by atoms with van der Waals surface area (Å²) in [4.78, 5) is 19.3. The normalized spacial score (nSPS) is 17.7. The first-order chi connectivity index (χ1) is 14.3. The van der Waals surface area contributed by atoms with Crippen molar-refractivity contribution < 1.29 is 14.1 Å². The Morgan fingerprint density at radius 3 is 2.80 bits per heavy atom. The van der Waals surface area contributed by atoms with Crippen molar-refractivity contribution in [3.8, 4) is 17.1 Å². The number of thioether (sulfide) groups is 1. The van der Waals surface area contributed by atoms with Gasteiger partial charge in [-0.1, -0.05) is 25.9 Å². The van der Waals surface area contributed by atoms with E-state index in [1.54, 1.807) is 7.11 Å². The fraction of sp³-hybridized carbons (Fsp3) is 0.591. The molecule has 0 spiro atoms. The molecule has 7 nitrogen and oxygen atoms in total. The summed E-state index contributed by atoms with van der Waals surface area (Å²) in [7, 11) is 1.64. The topological polar surface area (TPSA) is 80.5 Å². The molecule has 8 heteroatoms. The average molecular weight is 433 g/mol. The van der Waals surface area contributed by atoms with Gasteiger partial charge in [-0.05, 0) is 43.7 Å². The smallest absolute Gasteiger partial charge is 0.241 e. The number of aromatic nitrogens is 2. The Bertz CT molecular complexity index is 817. The Balaban J connectivity index is 1.49. The van der Waals surface area contributed by atoms with E-state index in [2.05, 4.69) is 41.1 Å². The Morgan fingerprint density at radius 1 is 1.33 bits per heavy atom. The molecule has 0 radical (unpaired) electrons. The minimum atomic E-state index is 0.0161. The van der Waals surface area contributed by atoms with Gasteiger partial charge in [0, 0.05) is 29.2 Å². The van der Waals surface area contributed by atoms with Gasteiger partial charge in [0.05, 0.1) is 19.6 Å². The molecular weight excluding hydrogens is 400 g/mol. The molecule has 1 aliphatic rings. The van der Waals surface area contributed by atoms with Gasteiger partial charge in [0.25, 0.3) is 0 Å². The van der Waals surface area contributed by atoms with Crippen molar-refractivity contribution in [1.29, 1.82) is 0 Å². The number of methoxy groups -OCH3 is 1. The Hall–Kier alpha value is -2.06. The molecular formula is C22H32N4O3S. The van der Waals surface area contributed by atoms with Gasteiger partial charge in [0.2, 0.25) is 17.6 Å². The minimum Gasteiger partial charge on any atom is -0.497 e. The molecule has 164 valence electrons. The van der Waals surface area contributed by atoms with E-state index < -0.39 is 0 Å². The third kappa shape index (κ3) is 6.74. The van der Waals surface area contributed by atoms with Crippen molar-refractivity contribution in [3.05, 3.63) is 30.2 Å². The summed E-state index contributed by atoms with van der Waals surface area (Å²) in [6, 6.07) is 7.57. The fourth-order valence-electron chi connectivity index (χ4n) is 3.46. The Kier molecular flexibility index (Phi) is 7.77. The number of ether oxygens (including phenoxy) is 1. The summed E-state index contributed by atoms with van der Waals surface area (Å²) in [5, 5.41) is 7.19. The van der Waals surface area contributed by atoms with Crippen molar-refractivity contribution in [2.24, 2.45) is 5.92 Å². The van der Waals surface area contributed by atoms with Gasteiger partial charge in [0.15, 0.2) is 0 Å². The summed E-state index contributed by atoms with van der Waals surface area (Å²) in [5.41, 5.74) is 0.884. The van der Waals surface area contributed by atoms with Crippen LogP contribution in [0.5, 0.6) is 5.75 Å². The number of likely N-dealkylation sites (tertiary alicyclic amines) is 1.